The third kappa shape index (κ3) is 3.96. The molecule has 0 aliphatic carbocycles. The third-order valence-electron chi connectivity index (χ3n) is 4.09. The molecule has 0 aliphatic rings. The first kappa shape index (κ1) is 19.4. The van der Waals surface area contributed by atoms with Crippen molar-refractivity contribution in [2.45, 2.75) is 4.90 Å². The lowest BCUT2D eigenvalue weighted by atomic mass is 10.2. The molecule has 0 spiro atoms. The molecule has 0 saturated carbocycles. The Hall–Kier alpha value is -3.39. The lowest BCUT2D eigenvalue weighted by molar-refractivity contribution is 0.102. The summed E-state index contributed by atoms with van der Waals surface area (Å²) >= 11 is 0. The number of aromatic nitrogens is 1. The molecule has 7 nitrogen and oxygen atoms in total. The zero-order chi connectivity index (χ0) is 20.1. The SMILES string of the molecule is COc1ccc(NC(=O)c2ccccc2S(=O)(=O)N(C)c2ccccc2)cn1. The number of benzene rings is 2. The molecule has 3 aromatic rings. The number of nitrogens with zero attached hydrogens (tertiary/aromatic N) is 2. The minimum Gasteiger partial charge on any atom is -0.481 e. The fourth-order valence-electron chi connectivity index (χ4n) is 2.58. The lowest BCUT2D eigenvalue weighted by Gasteiger charge is -2.21. The van der Waals surface area contributed by atoms with E-state index in [0.717, 1.165) is 4.31 Å². The summed E-state index contributed by atoms with van der Waals surface area (Å²) in [5.74, 6) is -0.141. The van der Waals surface area contributed by atoms with Crippen LogP contribution in [0.5, 0.6) is 5.88 Å². The molecular formula is C20H19N3O4S. The molecule has 144 valence electrons. The first-order valence-electron chi connectivity index (χ1n) is 8.38. The van der Waals surface area contributed by atoms with Crippen LogP contribution in [0.4, 0.5) is 11.4 Å². The Bertz CT molecular complexity index is 1070. The van der Waals surface area contributed by atoms with Crippen molar-refractivity contribution in [3.63, 3.8) is 0 Å². The Morgan fingerprint density at radius 2 is 1.68 bits per heavy atom. The number of nitrogens with one attached hydrogen (secondary N) is 1. The van der Waals surface area contributed by atoms with Crippen molar-refractivity contribution in [1.82, 2.24) is 4.98 Å². The summed E-state index contributed by atoms with van der Waals surface area (Å²) in [5.41, 5.74) is 0.965. The second kappa shape index (κ2) is 8.10. The van der Waals surface area contributed by atoms with E-state index < -0.39 is 15.9 Å². The number of amides is 1. The molecule has 0 unspecified atom stereocenters. The number of hydrogen-bond donors (Lipinski definition) is 1. The standard InChI is InChI=1S/C20H19N3O4S/c1-23(16-8-4-3-5-9-16)28(25,26)18-11-7-6-10-17(18)20(24)22-15-12-13-19(27-2)21-14-15/h3-14H,1-2H3,(H,22,24). The summed E-state index contributed by atoms with van der Waals surface area (Å²) in [6.45, 7) is 0. The Kier molecular flexibility index (Phi) is 5.60. The van der Waals surface area contributed by atoms with Gasteiger partial charge in [0, 0.05) is 13.1 Å². The average molecular weight is 397 g/mol. The highest BCUT2D eigenvalue weighted by Crippen LogP contribution is 2.25. The number of carbonyl (C=O) groups is 1. The van der Waals surface area contributed by atoms with Crippen molar-refractivity contribution in [3.05, 3.63) is 78.5 Å². The van der Waals surface area contributed by atoms with E-state index in [2.05, 4.69) is 10.3 Å². The van der Waals surface area contributed by atoms with Crippen LogP contribution in [0.2, 0.25) is 0 Å². The van der Waals surface area contributed by atoms with Crippen molar-refractivity contribution in [2.24, 2.45) is 0 Å². The Morgan fingerprint density at radius 3 is 2.32 bits per heavy atom. The van der Waals surface area contributed by atoms with Crippen molar-refractivity contribution < 1.29 is 17.9 Å². The van der Waals surface area contributed by atoms with Crippen molar-refractivity contribution in [1.29, 1.82) is 0 Å². The first-order valence-corrected chi connectivity index (χ1v) is 9.82. The van der Waals surface area contributed by atoms with Gasteiger partial charge in [-0.2, -0.15) is 0 Å². The van der Waals surface area contributed by atoms with E-state index in [-0.39, 0.29) is 10.5 Å². The number of rotatable bonds is 6. The highest BCUT2D eigenvalue weighted by Gasteiger charge is 2.26. The van der Waals surface area contributed by atoms with Gasteiger partial charge in [-0.1, -0.05) is 30.3 Å². The molecule has 0 aliphatic heterocycles. The number of para-hydroxylation sites is 1. The molecule has 2 aromatic carbocycles. The molecule has 1 aromatic heterocycles. The maximum absolute atomic E-state index is 13.1. The van der Waals surface area contributed by atoms with Crippen LogP contribution in [0.3, 0.4) is 0 Å². The first-order chi connectivity index (χ1) is 13.4. The van der Waals surface area contributed by atoms with E-state index in [1.807, 2.05) is 0 Å². The summed E-state index contributed by atoms with van der Waals surface area (Å²) in [6.07, 6.45) is 1.43. The second-order valence-electron chi connectivity index (χ2n) is 5.85. The van der Waals surface area contributed by atoms with Gasteiger partial charge in [0.05, 0.1) is 30.2 Å². The number of ether oxygens (including phenoxy) is 1. The zero-order valence-electron chi connectivity index (χ0n) is 15.4. The van der Waals surface area contributed by atoms with Gasteiger partial charge in [0.25, 0.3) is 15.9 Å². The largest absolute Gasteiger partial charge is 0.481 e. The van der Waals surface area contributed by atoms with E-state index in [1.54, 1.807) is 54.6 Å². The molecule has 0 atom stereocenters. The van der Waals surface area contributed by atoms with Gasteiger partial charge in [0.2, 0.25) is 5.88 Å². The molecule has 0 fully saturated rings. The molecule has 3 rings (SSSR count). The topological polar surface area (TPSA) is 88.6 Å². The fraction of sp³-hybridized carbons (Fsp3) is 0.100. The van der Waals surface area contributed by atoms with Gasteiger partial charge < -0.3 is 10.1 Å². The predicted molar refractivity (Wildman–Crippen MR) is 107 cm³/mol. The van der Waals surface area contributed by atoms with Crippen molar-refractivity contribution in [3.8, 4) is 5.88 Å². The van der Waals surface area contributed by atoms with Crippen molar-refractivity contribution in [2.75, 3.05) is 23.8 Å². The van der Waals surface area contributed by atoms with E-state index >= 15 is 0 Å². The maximum atomic E-state index is 13.1. The van der Waals surface area contributed by atoms with E-state index in [0.29, 0.717) is 17.3 Å². The second-order valence-corrected chi connectivity index (χ2v) is 7.79. The number of hydrogen-bond acceptors (Lipinski definition) is 5. The summed E-state index contributed by atoms with van der Waals surface area (Å²) in [6, 6.07) is 18.0. The van der Waals surface area contributed by atoms with Crippen molar-refractivity contribution >= 4 is 27.3 Å². The van der Waals surface area contributed by atoms with Gasteiger partial charge in [0.1, 0.15) is 4.90 Å². The smallest absolute Gasteiger partial charge is 0.264 e. The Balaban J connectivity index is 1.92. The van der Waals surface area contributed by atoms with Crippen LogP contribution in [-0.4, -0.2) is 33.5 Å². The van der Waals surface area contributed by atoms with Gasteiger partial charge in [0.15, 0.2) is 0 Å². The predicted octanol–water partition coefficient (Wildman–Crippen LogP) is 3.17. The Labute approximate surface area is 163 Å². The molecule has 1 heterocycles. The molecule has 8 heteroatoms. The lowest BCUT2D eigenvalue weighted by Crippen LogP contribution is -2.28. The normalized spacial score (nSPS) is 10.9. The summed E-state index contributed by atoms with van der Waals surface area (Å²) in [5, 5.41) is 2.66. The highest BCUT2D eigenvalue weighted by molar-refractivity contribution is 7.92. The van der Waals surface area contributed by atoms with Crippen LogP contribution in [0.25, 0.3) is 0 Å². The summed E-state index contributed by atoms with van der Waals surface area (Å²) in [4.78, 5) is 16.7. The monoisotopic (exact) mass is 397 g/mol. The fourth-order valence-corrected chi connectivity index (χ4v) is 3.96. The van der Waals surface area contributed by atoms with Crippen LogP contribution in [-0.2, 0) is 10.0 Å². The number of methoxy groups -OCH3 is 1. The quantitative estimate of drug-likeness (QED) is 0.690. The number of sulfonamides is 1. The third-order valence-corrected chi connectivity index (χ3v) is 5.94. The number of carbonyl (C=O) groups excluding carboxylic acids is 1. The van der Waals surface area contributed by atoms with Gasteiger partial charge in [-0.3, -0.25) is 9.10 Å². The zero-order valence-corrected chi connectivity index (χ0v) is 16.2. The summed E-state index contributed by atoms with van der Waals surface area (Å²) in [7, 11) is -0.992. The van der Waals surface area contributed by atoms with E-state index in [4.69, 9.17) is 4.74 Å². The molecular weight excluding hydrogens is 378 g/mol. The molecule has 28 heavy (non-hydrogen) atoms. The van der Waals surface area contributed by atoms with Crippen LogP contribution in [0, 0.1) is 0 Å². The van der Waals surface area contributed by atoms with Crippen LogP contribution < -0.4 is 14.4 Å². The van der Waals surface area contributed by atoms with Gasteiger partial charge in [-0.05, 0) is 30.3 Å². The summed E-state index contributed by atoms with van der Waals surface area (Å²) < 4.78 is 32.4. The van der Waals surface area contributed by atoms with Gasteiger partial charge in [-0.25, -0.2) is 13.4 Å². The molecule has 1 amide bonds. The van der Waals surface area contributed by atoms with Crippen LogP contribution in [0.15, 0.2) is 77.8 Å². The average Bonchev–Trinajstić information content (AvgIpc) is 2.74. The van der Waals surface area contributed by atoms with Crippen LogP contribution >= 0.6 is 0 Å². The highest BCUT2D eigenvalue weighted by atomic mass is 32.2. The molecule has 0 bridgehead atoms. The van der Waals surface area contributed by atoms with Crippen LogP contribution in [0.1, 0.15) is 10.4 Å². The number of anilines is 2. The number of pyridine rings is 1. The van der Waals surface area contributed by atoms with E-state index in [9.17, 15) is 13.2 Å². The maximum Gasteiger partial charge on any atom is 0.264 e. The van der Waals surface area contributed by atoms with Gasteiger partial charge >= 0.3 is 0 Å². The Morgan fingerprint density at radius 1 is 1.00 bits per heavy atom. The van der Waals surface area contributed by atoms with E-state index in [1.165, 1.54) is 32.5 Å². The molecule has 0 radical (unpaired) electrons. The minimum atomic E-state index is -3.93. The minimum absolute atomic E-state index is 0.0427. The molecule has 0 saturated heterocycles. The van der Waals surface area contributed by atoms with Gasteiger partial charge in [-0.15, -0.1) is 0 Å². The molecule has 1 N–H and O–H groups in total.